The van der Waals surface area contributed by atoms with Crippen LogP contribution in [-0.4, -0.2) is 37.7 Å². The van der Waals surface area contributed by atoms with E-state index in [1.54, 1.807) is 4.88 Å². The van der Waals surface area contributed by atoms with Crippen LogP contribution in [0.15, 0.2) is 11.4 Å². The highest BCUT2D eigenvalue weighted by Gasteiger charge is 2.09. The van der Waals surface area contributed by atoms with Crippen LogP contribution < -0.4 is 0 Å². The molecule has 84 valence electrons. The van der Waals surface area contributed by atoms with Crippen molar-refractivity contribution in [3.05, 3.63) is 21.9 Å². The van der Waals surface area contributed by atoms with Crippen molar-refractivity contribution in [3.8, 4) is 0 Å². The van der Waals surface area contributed by atoms with E-state index in [9.17, 15) is 0 Å². The summed E-state index contributed by atoms with van der Waals surface area (Å²) in [5, 5.41) is 2.19. The van der Waals surface area contributed by atoms with Crippen LogP contribution in [0, 0.1) is 6.92 Å². The molecule has 0 aliphatic carbocycles. The van der Waals surface area contributed by atoms with Gasteiger partial charge in [-0.05, 0) is 43.3 Å². The van der Waals surface area contributed by atoms with E-state index < -0.39 is 0 Å². The fraction of sp³-hybridized carbons (Fsp3) is 0.667. The molecule has 1 aliphatic heterocycles. The maximum absolute atomic E-state index is 5.33. The zero-order chi connectivity index (χ0) is 10.5. The molecule has 1 aliphatic rings. The molecule has 0 radical (unpaired) electrons. The van der Waals surface area contributed by atoms with E-state index in [0.717, 1.165) is 26.3 Å². The normalized spacial score (nSPS) is 18.2. The predicted octanol–water partition coefficient (Wildman–Crippen LogP) is 2.32. The van der Waals surface area contributed by atoms with Gasteiger partial charge in [0.15, 0.2) is 0 Å². The van der Waals surface area contributed by atoms with Gasteiger partial charge in [-0.2, -0.15) is 0 Å². The predicted molar refractivity (Wildman–Crippen MR) is 64.6 cm³/mol. The Balaban J connectivity index is 1.68. The molecule has 2 rings (SSSR count). The van der Waals surface area contributed by atoms with E-state index in [1.807, 2.05) is 11.3 Å². The number of hydrogen-bond acceptors (Lipinski definition) is 3. The van der Waals surface area contributed by atoms with Crippen molar-refractivity contribution in [2.45, 2.75) is 19.8 Å². The van der Waals surface area contributed by atoms with Gasteiger partial charge in [-0.1, -0.05) is 0 Å². The van der Waals surface area contributed by atoms with Crippen LogP contribution in [0.5, 0.6) is 0 Å². The SMILES string of the molecule is Cc1ccsc1CCCN1CCOCC1. The average Bonchev–Trinajstić information content (AvgIpc) is 2.66. The third-order valence-electron chi connectivity index (χ3n) is 2.95. The average molecular weight is 225 g/mol. The van der Waals surface area contributed by atoms with Crippen molar-refractivity contribution in [1.29, 1.82) is 0 Å². The second-order valence-electron chi connectivity index (χ2n) is 4.08. The Morgan fingerprint density at radius 1 is 1.40 bits per heavy atom. The van der Waals surface area contributed by atoms with Crippen molar-refractivity contribution < 1.29 is 4.74 Å². The summed E-state index contributed by atoms with van der Waals surface area (Å²) in [5.74, 6) is 0. The van der Waals surface area contributed by atoms with Crippen LogP contribution in [0.4, 0.5) is 0 Å². The van der Waals surface area contributed by atoms with Crippen LogP contribution in [0.1, 0.15) is 16.9 Å². The summed E-state index contributed by atoms with van der Waals surface area (Å²) in [6.07, 6.45) is 2.52. The van der Waals surface area contributed by atoms with Crippen LogP contribution in [-0.2, 0) is 11.2 Å². The lowest BCUT2D eigenvalue weighted by Crippen LogP contribution is -2.36. The van der Waals surface area contributed by atoms with Gasteiger partial charge in [0.25, 0.3) is 0 Å². The summed E-state index contributed by atoms with van der Waals surface area (Å²) in [5.41, 5.74) is 1.46. The molecular weight excluding hydrogens is 206 g/mol. The fourth-order valence-electron chi connectivity index (χ4n) is 1.95. The second-order valence-corrected chi connectivity index (χ2v) is 5.09. The maximum Gasteiger partial charge on any atom is 0.0594 e. The first-order chi connectivity index (χ1) is 7.36. The van der Waals surface area contributed by atoms with E-state index in [1.165, 1.54) is 24.9 Å². The number of hydrogen-bond donors (Lipinski definition) is 0. The number of morpholine rings is 1. The summed E-state index contributed by atoms with van der Waals surface area (Å²) >= 11 is 1.89. The number of nitrogens with zero attached hydrogens (tertiary/aromatic N) is 1. The van der Waals surface area contributed by atoms with Crippen molar-refractivity contribution >= 4 is 11.3 Å². The van der Waals surface area contributed by atoms with E-state index in [-0.39, 0.29) is 0 Å². The van der Waals surface area contributed by atoms with Gasteiger partial charge in [-0.15, -0.1) is 11.3 Å². The first-order valence-corrected chi connectivity index (χ1v) is 6.57. The van der Waals surface area contributed by atoms with Crippen molar-refractivity contribution in [3.63, 3.8) is 0 Å². The molecule has 3 heteroatoms. The van der Waals surface area contributed by atoms with Gasteiger partial charge in [0.05, 0.1) is 13.2 Å². The molecule has 1 aromatic rings. The van der Waals surface area contributed by atoms with Gasteiger partial charge in [0.2, 0.25) is 0 Å². The summed E-state index contributed by atoms with van der Waals surface area (Å²) in [6.45, 7) is 7.49. The topological polar surface area (TPSA) is 12.5 Å². The van der Waals surface area contributed by atoms with E-state index in [2.05, 4.69) is 23.3 Å². The van der Waals surface area contributed by atoms with Crippen molar-refractivity contribution in [2.75, 3.05) is 32.8 Å². The van der Waals surface area contributed by atoms with Crippen LogP contribution >= 0.6 is 11.3 Å². The minimum absolute atomic E-state index is 0.915. The lowest BCUT2D eigenvalue weighted by Gasteiger charge is -2.26. The molecule has 0 atom stereocenters. The van der Waals surface area contributed by atoms with E-state index in [0.29, 0.717) is 0 Å². The summed E-state index contributed by atoms with van der Waals surface area (Å²) in [6, 6.07) is 2.22. The highest BCUT2D eigenvalue weighted by atomic mass is 32.1. The fourth-order valence-corrected chi connectivity index (χ4v) is 2.90. The molecule has 0 spiro atoms. The molecule has 2 nitrogen and oxygen atoms in total. The summed E-state index contributed by atoms with van der Waals surface area (Å²) in [4.78, 5) is 4.06. The lowest BCUT2D eigenvalue weighted by atomic mass is 10.2. The minimum atomic E-state index is 0.915. The maximum atomic E-state index is 5.33. The molecule has 0 saturated carbocycles. The highest BCUT2D eigenvalue weighted by molar-refractivity contribution is 7.10. The third kappa shape index (κ3) is 3.30. The molecule has 0 N–H and O–H groups in total. The van der Waals surface area contributed by atoms with Gasteiger partial charge in [-0.3, -0.25) is 4.90 Å². The molecule has 1 saturated heterocycles. The Labute approximate surface area is 95.9 Å². The number of aryl methyl sites for hydroxylation is 2. The quantitative estimate of drug-likeness (QED) is 0.780. The van der Waals surface area contributed by atoms with Crippen LogP contribution in [0.2, 0.25) is 0 Å². The van der Waals surface area contributed by atoms with E-state index in [4.69, 9.17) is 4.74 Å². The molecule has 1 aromatic heterocycles. The number of ether oxygens (including phenoxy) is 1. The Morgan fingerprint density at radius 3 is 2.87 bits per heavy atom. The monoisotopic (exact) mass is 225 g/mol. The third-order valence-corrected chi connectivity index (χ3v) is 4.03. The zero-order valence-electron chi connectivity index (χ0n) is 9.37. The van der Waals surface area contributed by atoms with Gasteiger partial charge in [0.1, 0.15) is 0 Å². The van der Waals surface area contributed by atoms with Crippen molar-refractivity contribution in [2.24, 2.45) is 0 Å². The largest absolute Gasteiger partial charge is 0.379 e. The Morgan fingerprint density at radius 2 is 2.20 bits per heavy atom. The summed E-state index contributed by atoms with van der Waals surface area (Å²) in [7, 11) is 0. The zero-order valence-corrected chi connectivity index (χ0v) is 10.2. The standard InChI is InChI=1S/C12H19NOS/c1-11-4-10-15-12(11)3-2-5-13-6-8-14-9-7-13/h4,10H,2-3,5-9H2,1H3. The minimum Gasteiger partial charge on any atom is -0.379 e. The van der Waals surface area contributed by atoms with E-state index >= 15 is 0 Å². The molecule has 0 aromatic carbocycles. The molecule has 2 heterocycles. The molecule has 0 bridgehead atoms. The van der Waals surface area contributed by atoms with Crippen LogP contribution in [0.25, 0.3) is 0 Å². The second kappa shape index (κ2) is 5.64. The van der Waals surface area contributed by atoms with Gasteiger partial charge >= 0.3 is 0 Å². The van der Waals surface area contributed by atoms with Crippen LogP contribution in [0.3, 0.4) is 0 Å². The first kappa shape index (κ1) is 11.1. The molecule has 15 heavy (non-hydrogen) atoms. The van der Waals surface area contributed by atoms with Gasteiger partial charge in [0, 0.05) is 18.0 Å². The molecule has 1 fully saturated rings. The first-order valence-electron chi connectivity index (χ1n) is 5.69. The van der Waals surface area contributed by atoms with Gasteiger partial charge in [-0.25, -0.2) is 0 Å². The van der Waals surface area contributed by atoms with Gasteiger partial charge < -0.3 is 4.74 Å². The van der Waals surface area contributed by atoms with Crippen molar-refractivity contribution in [1.82, 2.24) is 4.90 Å². The lowest BCUT2D eigenvalue weighted by molar-refractivity contribution is 0.0375. The molecule has 0 unspecified atom stereocenters. The Hall–Kier alpha value is -0.380. The number of thiophene rings is 1. The highest BCUT2D eigenvalue weighted by Crippen LogP contribution is 2.17. The smallest absolute Gasteiger partial charge is 0.0594 e. The summed E-state index contributed by atoms with van der Waals surface area (Å²) < 4.78 is 5.33. The Bertz CT molecular complexity index is 292. The molecule has 0 amide bonds. The molecular formula is C12H19NOS. The Kier molecular flexibility index (Phi) is 4.18. The number of rotatable bonds is 4.